The summed E-state index contributed by atoms with van der Waals surface area (Å²) in [6.07, 6.45) is 7.02. The van der Waals surface area contributed by atoms with Crippen LogP contribution in [0.3, 0.4) is 0 Å². The third-order valence-electron chi connectivity index (χ3n) is 4.20. The molecule has 3 aliphatic carbocycles. The van der Waals surface area contributed by atoms with Crippen LogP contribution in [0.15, 0.2) is 0 Å². The normalized spacial score (nSPS) is 52.8. The van der Waals surface area contributed by atoms with Crippen LogP contribution < -0.4 is 5.73 Å². The number of thioether (sulfide) groups is 1. The molecule has 2 N–H and O–H groups in total. The lowest BCUT2D eigenvalue weighted by atomic mass is 9.35. The zero-order valence-electron chi connectivity index (χ0n) is 7.51. The van der Waals surface area contributed by atoms with Gasteiger partial charge in [0.2, 0.25) is 0 Å². The molecule has 4 rings (SSSR count). The Labute approximate surface area is 78.5 Å². The van der Waals surface area contributed by atoms with Gasteiger partial charge in [0.1, 0.15) is 0 Å². The predicted molar refractivity (Wildman–Crippen MR) is 53.3 cm³/mol. The van der Waals surface area contributed by atoms with E-state index in [0.29, 0.717) is 5.54 Å². The summed E-state index contributed by atoms with van der Waals surface area (Å²) in [6.45, 7) is 0. The van der Waals surface area contributed by atoms with Gasteiger partial charge in [0.05, 0.1) is 0 Å². The second-order valence-electron chi connectivity index (χ2n) is 5.14. The minimum atomic E-state index is 0.324. The van der Waals surface area contributed by atoms with Gasteiger partial charge in [-0.1, -0.05) is 0 Å². The summed E-state index contributed by atoms with van der Waals surface area (Å²) < 4.78 is 0. The topological polar surface area (TPSA) is 26.0 Å². The van der Waals surface area contributed by atoms with E-state index in [4.69, 9.17) is 5.73 Å². The fourth-order valence-electron chi connectivity index (χ4n) is 3.69. The second-order valence-corrected chi connectivity index (χ2v) is 6.37. The lowest BCUT2D eigenvalue weighted by Crippen LogP contribution is -2.74. The quantitative estimate of drug-likeness (QED) is 0.673. The van der Waals surface area contributed by atoms with Crippen molar-refractivity contribution in [1.29, 1.82) is 0 Å². The molecule has 1 saturated heterocycles. The minimum Gasteiger partial charge on any atom is -0.325 e. The molecule has 68 valence electrons. The largest absolute Gasteiger partial charge is 0.325 e. The molecule has 12 heavy (non-hydrogen) atoms. The Balaban J connectivity index is 1.67. The Hall–Kier alpha value is 0.310. The number of hydrogen-bond donors (Lipinski definition) is 1. The van der Waals surface area contributed by atoms with Crippen molar-refractivity contribution in [1.82, 2.24) is 0 Å². The maximum Gasteiger partial charge on any atom is 0.0170 e. The van der Waals surface area contributed by atoms with Crippen LogP contribution in [0.2, 0.25) is 0 Å². The molecule has 1 aliphatic heterocycles. The highest BCUT2D eigenvalue weighted by Gasteiger charge is 2.67. The van der Waals surface area contributed by atoms with Crippen molar-refractivity contribution in [2.45, 2.75) is 37.6 Å². The summed E-state index contributed by atoms with van der Waals surface area (Å²) >= 11 is 2.13. The van der Waals surface area contributed by atoms with Gasteiger partial charge >= 0.3 is 0 Å². The smallest absolute Gasteiger partial charge is 0.0170 e. The maximum absolute atomic E-state index is 6.07. The molecule has 0 aromatic rings. The van der Waals surface area contributed by atoms with Crippen molar-refractivity contribution in [3.63, 3.8) is 0 Å². The van der Waals surface area contributed by atoms with E-state index in [0.717, 1.165) is 11.3 Å². The summed E-state index contributed by atoms with van der Waals surface area (Å²) in [6, 6.07) is 0. The summed E-state index contributed by atoms with van der Waals surface area (Å²) in [5.41, 5.74) is 7.16. The molecule has 0 aromatic carbocycles. The molecule has 0 amide bonds. The molecule has 0 unspecified atom stereocenters. The molecule has 3 saturated carbocycles. The zero-order valence-corrected chi connectivity index (χ0v) is 8.33. The summed E-state index contributed by atoms with van der Waals surface area (Å²) in [7, 11) is 0. The molecule has 0 spiro atoms. The SMILES string of the molecule is NC12CC(C3CCSCC3)(C1)C2. The van der Waals surface area contributed by atoms with Crippen molar-refractivity contribution >= 4 is 11.8 Å². The van der Waals surface area contributed by atoms with Crippen molar-refractivity contribution in [2.75, 3.05) is 11.5 Å². The molecule has 4 aliphatic rings. The lowest BCUT2D eigenvalue weighted by molar-refractivity contribution is -0.173. The molecular weight excluding hydrogens is 166 g/mol. The highest BCUT2D eigenvalue weighted by Crippen LogP contribution is 2.70. The van der Waals surface area contributed by atoms with Gasteiger partial charge in [0.25, 0.3) is 0 Å². The average molecular weight is 183 g/mol. The molecule has 2 bridgehead atoms. The first kappa shape index (κ1) is 7.69. The van der Waals surface area contributed by atoms with Crippen LogP contribution in [0.4, 0.5) is 0 Å². The van der Waals surface area contributed by atoms with Crippen LogP contribution in [-0.2, 0) is 0 Å². The Morgan fingerprint density at radius 2 is 1.67 bits per heavy atom. The average Bonchev–Trinajstić information content (AvgIpc) is 1.99. The van der Waals surface area contributed by atoms with Gasteiger partial charge in [-0.15, -0.1) is 0 Å². The third-order valence-corrected chi connectivity index (χ3v) is 5.25. The van der Waals surface area contributed by atoms with E-state index in [1.54, 1.807) is 0 Å². The lowest BCUT2D eigenvalue weighted by Gasteiger charge is -2.72. The number of hydrogen-bond acceptors (Lipinski definition) is 2. The van der Waals surface area contributed by atoms with Crippen LogP contribution in [0.5, 0.6) is 0 Å². The van der Waals surface area contributed by atoms with Crippen molar-refractivity contribution in [2.24, 2.45) is 17.1 Å². The Morgan fingerprint density at radius 1 is 1.08 bits per heavy atom. The summed E-state index contributed by atoms with van der Waals surface area (Å²) in [5, 5.41) is 0. The fourth-order valence-corrected chi connectivity index (χ4v) is 4.80. The highest BCUT2D eigenvalue weighted by atomic mass is 32.2. The number of nitrogens with two attached hydrogens (primary N) is 1. The fraction of sp³-hybridized carbons (Fsp3) is 1.00. The van der Waals surface area contributed by atoms with Gasteiger partial charge in [-0.25, -0.2) is 0 Å². The van der Waals surface area contributed by atoms with E-state index in [-0.39, 0.29) is 0 Å². The van der Waals surface area contributed by atoms with Gasteiger partial charge in [-0.3, -0.25) is 0 Å². The van der Waals surface area contributed by atoms with Gasteiger partial charge in [0.15, 0.2) is 0 Å². The van der Waals surface area contributed by atoms with Gasteiger partial charge in [0, 0.05) is 5.54 Å². The third kappa shape index (κ3) is 0.856. The van der Waals surface area contributed by atoms with Crippen molar-refractivity contribution in [3.05, 3.63) is 0 Å². The van der Waals surface area contributed by atoms with E-state index < -0.39 is 0 Å². The van der Waals surface area contributed by atoms with E-state index >= 15 is 0 Å². The minimum absolute atomic E-state index is 0.324. The van der Waals surface area contributed by atoms with E-state index in [1.165, 1.54) is 43.6 Å². The Bertz CT molecular complexity index is 188. The molecule has 0 radical (unpaired) electrons. The van der Waals surface area contributed by atoms with Crippen LogP contribution in [0, 0.1) is 11.3 Å². The molecule has 0 atom stereocenters. The van der Waals surface area contributed by atoms with Gasteiger partial charge < -0.3 is 5.73 Å². The molecular formula is C10H17NS. The van der Waals surface area contributed by atoms with E-state index in [9.17, 15) is 0 Å². The maximum atomic E-state index is 6.07. The first-order valence-electron chi connectivity index (χ1n) is 5.09. The highest BCUT2D eigenvalue weighted by molar-refractivity contribution is 7.99. The molecule has 4 fully saturated rings. The Morgan fingerprint density at radius 3 is 2.17 bits per heavy atom. The van der Waals surface area contributed by atoms with E-state index in [2.05, 4.69) is 11.8 Å². The van der Waals surface area contributed by atoms with Crippen LogP contribution in [0.25, 0.3) is 0 Å². The first-order chi connectivity index (χ1) is 5.73. The molecule has 2 heteroatoms. The Kier molecular flexibility index (Phi) is 1.42. The predicted octanol–water partition coefficient (Wildman–Crippen LogP) is 2.01. The monoisotopic (exact) mass is 183 g/mol. The standard InChI is InChI=1S/C10H17NS/c11-10-5-9(6-10,7-10)8-1-3-12-4-2-8/h8H,1-7,11H2. The van der Waals surface area contributed by atoms with Crippen molar-refractivity contribution < 1.29 is 0 Å². The first-order valence-corrected chi connectivity index (χ1v) is 6.25. The summed E-state index contributed by atoms with van der Waals surface area (Å²) in [5.74, 6) is 3.86. The summed E-state index contributed by atoms with van der Waals surface area (Å²) in [4.78, 5) is 0. The van der Waals surface area contributed by atoms with Crippen LogP contribution in [-0.4, -0.2) is 17.0 Å². The van der Waals surface area contributed by atoms with Crippen LogP contribution in [0.1, 0.15) is 32.1 Å². The number of rotatable bonds is 1. The van der Waals surface area contributed by atoms with Gasteiger partial charge in [-0.05, 0) is 54.9 Å². The van der Waals surface area contributed by atoms with Crippen LogP contribution >= 0.6 is 11.8 Å². The van der Waals surface area contributed by atoms with E-state index in [1.807, 2.05) is 0 Å². The molecule has 0 aromatic heterocycles. The van der Waals surface area contributed by atoms with Crippen molar-refractivity contribution in [3.8, 4) is 0 Å². The molecule has 1 nitrogen and oxygen atoms in total. The van der Waals surface area contributed by atoms with Gasteiger partial charge in [-0.2, -0.15) is 11.8 Å². The second kappa shape index (κ2) is 2.21. The molecule has 1 heterocycles. The zero-order chi connectivity index (χ0) is 8.23.